The second kappa shape index (κ2) is 14.5. The Morgan fingerprint density at radius 2 is 1.55 bits per heavy atom. The summed E-state index contributed by atoms with van der Waals surface area (Å²) in [6.07, 6.45) is 3.92. The molecule has 236 valence electrons. The van der Waals surface area contributed by atoms with E-state index in [0.29, 0.717) is 11.4 Å². The highest BCUT2D eigenvalue weighted by Gasteiger charge is 2.34. The first-order valence-electron chi connectivity index (χ1n) is 14.6. The molecular formula is C33H40BrN3O6S. The van der Waals surface area contributed by atoms with Gasteiger partial charge in [0, 0.05) is 23.1 Å². The van der Waals surface area contributed by atoms with E-state index in [1.807, 2.05) is 44.2 Å². The van der Waals surface area contributed by atoms with Gasteiger partial charge in [-0.15, -0.1) is 0 Å². The van der Waals surface area contributed by atoms with Gasteiger partial charge in [-0.1, -0.05) is 47.0 Å². The number of hydrogen-bond donors (Lipinski definition) is 1. The van der Waals surface area contributed by atoms with Crippen LogP contribution in [0.25, 0.3) is 0 Å². The summed E-state index contributed by atoms with van der Waals surface area (Å²) in [5.41, 5.74) is 2.84. The third-order valence-corrected chi connectivity index (χ3v) is 10.1. The normalized spacial score (nSPS) is 14.1. The van der Waals surface area contributed by atoms with E-state index in [4.69, 9.17) is 9.47 Å². The van der Waals surface area contributed by atoms with Crippen molar-refractivity contribution in [2.24, 2.45) is 0 Å². The van der Waals surface area contributed by atoms with Crippen LogP contribution in [0.4, 0.5) is 5.69 Å². The van der Waals surface area contributed by atoms with E-state index in [1.165, 1.54) is 37.3 Å². The number of aryl methyl sites for hydroxylation is 2. The molecular weight excluding hydrogens is 646 g/mol. The molecule has 1 saturated carbocycles. The highest BCUT2D eigenvalue weighted by molar-refractivity contribution is 9.10. The number of sulfonamides is 1. The smallest absolute Gasteiger partial charge is 0.264 e. The Hall–Kier alpha value is -3.57. The molecule has 3 aromatic carbocycles. The summed E-state index contributed by atoms with van der Waals surface area (Å²) in [7, 11) is -1.38. The van der Waals surface area contributed by atoms with Gasteiger partial charge in [0.15, 0.2) is 11.5 Å². The minimum Gasteiger partial charge on any atom is -0.493 e. The number of ether oxygens (including phenoxy) is 2. The summed E-state index contributed by atoms with van der Waals surface area (Å²) in [5.74, 6) is -0.147. The van der Waals surface area contributed by atoms with Gasteiger partial charge in [-0.2, -0.15) is 0 Å². The van der Waals surface area contributed by atoms with Crippen LogP contribution in [0, 0.1) is 13.8 Å². The number of hydrogen-bond acceptors (Lipinski definition) is 6. The summed E-state index contributed by atoms with van der Waals surface area (Å²) in [6, 6.07) is 16.4. The summed E-state index contributed by atoms with van der Waals surface area (Å²) in [4.78, 5) is 29.0. The van der Waals surface area contributed by atoms with Gasteiger partial charge in [0.25, 0.3) is 10.0 Å². The van der Waals surface area contributed by atoms with Crippen molar-refractivity contribution in [3.05, 3.63) is 81.8 Å². The van der Waals surface area contributed by atoms with Crippen molar-refractivity contribution in [2.75, 3.05) is 25.1 Å². The third kappa shape index (κ3) is 7.92. The number of benzene rings is 3. The molecule has 0 radical (unpaired) electrons. The van der Waals surface area contributed by atoms with Crippen LogP contribution in [-0.4, -0.2) is 58.0 Å². The highest BCUT2D eigenvalue weighted by atomic mass is 79.9. The Morgan fingerprint density at radius 1 is 0.932 bits per heavy atom. The summed E-state index contributed by atoms with van der Waals surface area (Å²) < 4.78 is 41.2. The molecule has 1 atom stereocenters. The van der Waals surface area contributed by atoms with Crippen molar-refractivity contribution in [1.29, 1.82) is 0 Å². The first kappa shape index (κ1) is 33.3. The fourth-order valence-electron chi connectivity index (χ4n) is 5.49. The number of amides is 2. The predicted molar refractivity (Wildman–Crippen MR) is 175 cm³/mol. The first-order valence-corrected chi connectivity index (χ1v) is 16.8. The summed E-state index contributed by atoms with van der Waals surface area (Å²) >= 11 is 3.44. The zero-order valence-corrected chi connectivity index (χ0v) is 28.2. The van der Waals surface area contributed by atoms with Crippen molar-refractivity contribution in [1.82, 2.24) is 10.2 Å². The van der Waals surface area contributed by atoms with Crippen LogP contribution in [0.5, 0.6) is 11.5 Å². The van der Waals surface area contributed by atoms with Crippen LogP contribution in [0.2, 0.25) is 0 Å². The van der Waals surface area contributed by atoms with Gasteiger partial charge in [0.2, 0.25) is 11.8 Å². The Bertz CT molecular complexity index is 1570. The Kier molecular flexibility index (Phi) is 11.0. The van der Waals surface area contributed by atoms with Gasteiger partial charge >= 0.3 is 0 Å². The van der Waals surface area contributed by atoms with E-state index in [2.05, 4.69) is 21.2 Å². The quantitative estimate of drug-likeness (QED) is 0.260. The van der Waals surface area contributed by atoms with E-state index < -0.39 is 28.5 Å². The lowest BCUT2D eigenvalue weighted by Crippen LogP contribution is -2.52. The van der Waals surface area contributed by atoms with Crippen molar-refractivity contribution in [2.45, 2.75) is 70.0 Å². The lowest BCUT2D eigenvalue weighted by Gasteiger charge is -2.32. The van der Waals surface area contributed by atoms with Gasteiger partial charge in [0.05, 0.1) is 24.8 Å². The second-order valence-electron chi connectivity index (χ2n) is 11.2. The molecule has 3 aromatic rings. The lowest BCUT2D eigenvalue weighted by molar-refractivity contribution is -0.139. The van der Waals surface area contributed by atoms with Crippen molar-refractivity contribution in [3.63, 3.8) is 0 Å². The molecule has 0 unspecified atom stereocenters. The number of methoxy groups -OCH3 is 2. The predicted octanol–water partition coefficient (Wildman–Crippen LogP) is 5.75. The molecule has 9 nitrogen and oxygen atoms in total. The minimum atomic E-state index is -4.27. The summed E-state index contributed by atoms with van der Waals surface area (Å²) in [6.45, 7) is 5.04. The average Bonchev–Trinajstić information content (AvgIpc) is 3.51. The Balaban J connectivity index is 1.74. The van der Waals surface area contributed by atoms with Crippen LogP contribution in [-0.2, 0) is 26.2 Å². The maximum atomic E-state index is 14.3. The van der Waals surface area contributed by atoms with E-state index >= 15 is 0 Å². The van der Waals surface area contributed by atoms with Crippen molar-refractivity contribution >= 4 is 43.5 Å². The SMILES string of the molecule is COc1ccc(S(=O)(=O)N(CC(=O)N(Cc2ccc(Br)cc2)[C@@H](C)C(=O)NC2CCCC2)c2cc(C)cc(C)c2)cc1OC. The van der Waals surface area contributed by atoms with Crippen LogP contribution in [0.15, 0.2) is 70.0 Å². The van der Waals surface area contributed by atoms with Crippen LogP contribution in [0.1, 0.15) is 49.3 Å². The van der Waals surface area contributed by atoms with E-state index in [-0.39, 0.29) is 29.1 Å². The number of halogens is 1. The van der Waals surface area contributed by atoms with Crippen molar-refractivity contribution < 1.29 is 27.5 Å². The number of carbonyl (C=O) groups excluding carboxylic acids is 2. The van der Waals surface area contributed by atoms with Gasteiger partial charge in [-0.05, 0) is 86.7 Å². The first-order chi connectivity index (χ1) is 20.9. The van der Waals surface area contributed by atoms with E-state index in [1.54, 1.807) is 19.1 Å². The number of rotatable bonds is 12. The maximum Gasteiger partial charge on any atom is 0.264 e. The van der Waals surface area contributed by atoms with E-state index in [0.717, 1.165) is 51.2 Å². The van der Waals surface area contributed by atoms with Crippen LogP contribution < -0.4 is 19.1 Å². The lowest BCUT2D eigenvalue weighted by atomic mass is 10.1. The number of anilines is 1. The van der Waals surface area contributed by atoms with Gasteiger partial charge in [-0.25, -0.2) is 8.42 Å². The topological polar surface area (TPSA) is 105 Å². The molecule has 0 spiro atoms. The fraction of sp³-hybridized carbons (Fsp3) is 0.394. The largest absolute Gasteiger partial charge is 0.493 e. The zero-order valence-electron chi connectivity index (χ0n) is 25.8. The molecule has 1 aliphatic rings. The molecule has 0 heterocycles. The second-order valence-corrected chi connectivity index (χ2v) is 14.0. The van der Waals surface area contributed by atoms with Gasteiger partial charge < -0.3 is 19.7 Å². The third-order valence-electron chi connectivity index (χ3n) is 7.85. The molecule has 4 rings (SSSR count). The Labute approximate surface area is 268 Å². The molecule has 0 saturated heterocycles. The molecule has 1 aliphatic carbocycles. The van der Waals surface area contributed by atoms with Gasteiger partial charge in [0.1, 0.15) is 12.6 Å². The molecule has 2 amide bonds. The molecule has 1 N–H and O–H groups in total. The number of nitrogens with zero attached hydrogens (tertiary/aromatic N) is 2. The monoisotopic (exact) mass is 685 g/mol. The minimum absolute atomic E-state index is 0.0615. The summed E-state index contributed by atoms with van der Waals surface area (Å²) in [5, 5.41) is 3.09. The number of carbonyl (C=O) groups is 2. The Morgan fingerprint density at radius 3 is 2.14 bits per heavy atom. The molecule has 1 fully saturated rings. The fourth-order valence-corrected chi connectivity index (χ4v) is 7.17. The zero-order chi connectivity index (χ0) is 32.0. The standard InChI is InChI=1S/C33H40BrN3O6S/c1-22-16-23(2)18-28(17-22)37(44(40,41)29-14-15-30(42-4)31(19-29)43-5)21-32(38)36(20-25-10-12-26(34)13-11-25)24(3)33(39)35-27-8-6-7-9-27/h10-19,24,27H,6-9,20-21H2,1-5H3,(H,35,39)/t24-/m0/s1. The molecule has 0 aromatic heterocycles. The highest BCUT2D eigenvalue weighted by Crippen LogP contribution is 2.33. The van der Waals surface area contributed by atoms with Crippen LogP contribution in [0.3, 0.4) is 0 Å². The maximum absolute atomic E-state index is 14.3. The van der Waals surface area contributed by atoms with E-state index in [9.17, 15) is 18.0 Å². The molecule has 0 aliphatic heterocycles. The van der Waals surface area contributed by atoms with Crippen LogP contribution >= 0.6 is 15.9 Å². The molecule has 11 heteroatoms. The molecule has 44 heavy (non-hydrogen) atoms. The van der Waals surface area contributed by atoms with Crippen molar-refractivity contribution in [3.8, 4) is 11.5 Å². The van der Waals surface area contributed by atoms with Gasteiger partial charge in [-0.3, -0.25) is 13.9 Å². The molecule has 0 bridgehead atoms. The average molecular weight is 687 g/mol. The number of nitrogens with one attached hydrogen (secondary N) is 1.